The molecule has 4 nitrogen and oxygen atoms in total. The maximum Gasteiger partial charge on any atom is 0.225 e. The van der Waals surface area contributed by atoms with Crippen molar-refractivity contribution in [1.29, 1.82) is 0 Å². The fourth-order valence-corrected chi connectivity index (χ4v) is 3.95. The van der Waals surface area contributed by atoms with Crippen LogP contribution in [0.1, 0.15) is 38.1 Å². The fraction of sp³-hybridized carbons (Fsp3) is 0.412. The lowest BCUT2D eigenvalue weighted by Crippen LogP contribution is -2.28. The Balaban J connectivity index is 2.10. The highest BCUT2D eigenvalue weighted by Crippen LogP contribution is 2.30. The van der Waals surface area contributed by atoms with Gasteiger partial charge in [0.15, 0.2) is 5.13 Å². The Morgan fingerprint density at radius 3 is 2.67 bits per heavy atom. The van der Waals surface area contributed by atoms with Crippen LogP contribution in [0.25, 0.3) is 0 Å². The second-order valence-electron chi connectivity index (χ2n) is 5.64. The highest BCUT2D eigenvalue weighted by atomic mass is 35.5. The van der Waals surface area contributed by atoms with Crippen LogP contribution in [-0.2, 0) is 11.3 Å². The highest BCUT2D eigenvalue weighted by molar-refractivity contribution is 7.14. The summed E-state index contributed by atoms with van der Waals surface area (Å²) in [5.74, 6) is 0.00747. The zero-order valence-electron chi connectivity index (χ0n) is 14.2. The number of nitrogens with zero attached hydrogens (tertiary/aromatic N) is 3. The molecule has 0 saturated heterocycles. The third-order valence-electron chi connectivity index (χ3n) is 3.95. The van der Waals surface area contributed by atoms with Gasteiger partial charge in [-0.05, 0) is 38.6 Å². The van der Waals surface area contributed by atoms with Crippen molar-refractivity contribution in [2.75, 3.05) is 18.5 Å². The van der Waals surface area contributed by atoms with Crippen molar-refractivity contribution >= 4 is 45.6 Å². The molecule has 0 fully saturated rings. The number of rotatable bonds is 6. The van der Waals surface area contributed by atoms with Crippen LogP contribution < -0.4 is 4.90 Å². The molecule has 1 aromatic heterocycles. The lowest BCUT2D eigenvalue weighted by Gasteiger charge is -2.25. The molecule has 130 valence electrons. The van der Waals surface area contributed by atoms with Crippen LogP contribution in [0.4, 0.5) is 5.13 Å². The molecule has 0 radical (unpaired) electrons. The van der Waals surface area contributed by atoms with E-state index in [1.165, 1.54) is 11.3 Å². The van der Waals surface area contributed by atoms with Gasteiger partial charge >= 0.3 is 0 Å². The highest BCUT2D eigenvalue weighted by Gasteiger charge is 2.18. The van der Waals surface area contributed by atoms with Gasteiger partial charge in [-0.3, -0.25) is 14.6 Å². The van der Waals surface area contributed by atoms with Crippen LogP contribution >= 0.6 is 34.5 Å². The van der Waals surface area contributed by atoms with E-state index in [1.54, 1.807) is 17.9 Å². The lowest BCUT2D eigenvalue weighted by atomic mass is 10.1. The molecule has 0 bridgehead atoms. The van der Waals surface area contributed by atoms with Crippen molar-refractivity contribution < 1.29 is 4.79 Å². The lowest BCUT2D eigenvalue weighted by molar-refractivity contribution is -0.116. The number of aromatic nitrogens is 1. The van der Waals surface area contributed by atoms with Crippen LogP contribution in [0.2, 0.25) is 10.0 Å². The summed E-state index contributed by atoms with van der Waals surface area (Å²) in [7, 11) is 2.02. The Morgan fingerprint density at radius 2 is 2.08 bits per heavy atom. The molecule has 0 aliphatic rings. The van der Waals surface area contributed by atoms with E-state index in [0.29, 0.717) is 23.1 Å². The maximum absolute atomic E-state index is 11.6. The second-order valence-corrected chi connectivity index (χ2v) is 7.32. The Morgan fingerprint density at radius 1 is 1.38 bits per heavy atom. The molecule has 1 aromatic carbocycles. The zero-order valence-corrected chi connectivity index (χ0v) is 16.5. The third-order valence-corrected chi connectivity index (χ3v) is 5.43. The van der Waals surface area contributed by atoms with Crippen LogP contribution in [0.5, 0.6) is 0 Å². The molecule has 1 atom stereocenters. The Labute approximate surface area is 157 Å². The van der Waals surface area contributed by atoms with Crippen LogP contribution in [0.3, 0.4) is 0 Å². The van der Waals surface area contributed by atoms with E-state index in [0.717, 1.165) is 16.4 Å². The summed E-state index contributed by atoms with van der Waals surface area (Å²) in [4.78, 5) is 20.0. The van der Waals surface area contributed by atoms with Crippen molar-refractivity contribution in [3.63, 3.8) is 0 Å². The number of halogens is 2. The van der Waals surface area contributed by atoms with Gasteiger partial charge < -0.3 is 0 Å². The Kier molecular flexibility index (Phi) is 6.63. The summed E-state index contributed by atoms with van der Waals surface area (Å²) in [5, 5.41) is 4.03. The summed E-state index contributed by atoms with van der Waals surface area (Å²) >= 11 is 13.8. The van der Waals surface area contributed by atoms with E-state index < -0.39 is 0 Å². The number of carbonyl (C=O) groups is 1. The van der Waals surface area contributed by atoms with Crippen molar-refractivity contribution in [2.24, 2.45) is 0 Å². The molecular formula is C17H21Cl2N3OS. The molecule has 2 rings (SSSR count). The summed E-state index contributed by atoms with van der Waals surface area (Å²) in [6, 6.07) is 5.68. The molecule has 24 heavy (non-hydrogen) atoms. The van der Waals surface area contributed by atoms with Gasteiger partial charge in [-0.15, -0.1) is 11.3 Å². The molecule has 1 heterocycles. The Hall–Kier alpha value is -1.14. The molecule has 0 saturated carbocycles. The van der Waals surface area contributed by atoms with Gasteiger partial charge in [-0.2, -0.15) is 0 Å². The van der Waals surface area contributed by atoms with Crippen molar-refractivity contribution in [3.8, 4) is 0 Å². The zero-order chi connectivity index (χ0) is 17.9. The summed E-state index contributed by atoms with van der Waals surface area (Å²) < 4.78 is 0. The van der Waals surface area contributed by atoms with Gasteiger partial charge in [0, 0.05) is 41.5 Å². The number of anilines is 1. The summed E-state index contributed by atoms with van der Waals surface area (Å²) in [5.41, 5.74) is 1.96. The van der Waals surface area contributed by atoms with Crippen LogP contribution in [-0.4, -0.2) is 29.4 Å². The second kappa shape index (κ2) is 8.30. The number of hydrogen-bond acceptors (Lipinski definition) is 4. The number of benzene rings is 1. The topological polar surface area (TPSA) is 36.4 Å². The monoisotopic (exact) mass is 385 g/mol. The molecule has 0 aliphatic heterocycles. The molecule has 0 spiro atoms. The van der Waals surface area contributed by atoms with Gasteiger partial charge in [0.05, 0.1) is 5.69 Å². The molecule has 0 unspecified atom stereocenters. The number of hydrogen-bond donors (Lipinski definition) is 0. The molecule has 2 aromatic rings. The van der Waals surface area contributed by atoms with E-state index >= 15 is 0 Å². The number of thiazole rings is 1. The minimum absolute atomic E-state index is 0.00747. The normalized spacial score (nSPS) is 12.5. The van der Waals surface area contributed by atoms with Gasteiger partial charge in [0.25, 0.3) is 0 Å². The average Bonchev–Trinajstić information content (AvgIpc) is 2.95. The first-order valence-electron chi connectivity index (χ1n) is 7.71. The standard InChI is InChI=1S/C17H21Cl2N3OS/c1-5-22(12(3)23)17-20-14(10-24-17)9-21(4)11(2)15-7-6-13(18)8-16(15)19/h6-8,10-11H,5,9H2,1-4H3/t11-/m1/s1. The van der Waals surface area contributed by atoms with Crippen LogP contribution in [0, 0.1) is 0 Å². The number of amides is 1. The van der Waals surface area contributed by atoms with Gasteiger partial charge in [0.2, 0.25) is 5.91 Å². The molecule has 1 amide bonds. The van der Waals surface area contributed by atoms with Crippen LogP contribution in [0.15, 0.2) is 23.6 Å². The molecular weight excluding hydrogens is 365 g/mol. The predicted molar refractivity (Wildman–Crippen MR) is 102 cm³/mol. The quantitative estimate of drug-likeness (QED) is 0.700. The van der Waals surface area contributed by atoms with Gasteiger partial charge in [0.1, 0.15) is 0 Å². The average molecular weight is 386 g/mol. The summed E-state index contributed by atoms with van der Waals surface area (Å²) in [6.07, 6.45) is 0. The minimum Gasteiger partial charge on any atom is -0.294 e. The fourth-order valence-electron chi connectivity index (χ4n) is 2.46. The minimum atomic E-state index is 0.00747. The third kappa shape index (κ3) is 4.48. The smallest absolute Gasteiger partial charge is 0.225 e. The van der Waals surface area contributed by atoms with E-state index in [1.807, 2.05) is 31.5 Å². The van der Waals surface area contributed by atoms with Gasteiger partial charge in [-0.1, -0.05) is 29.3 Å². The van der Waals surface area contributed by atoms with E-state index in [2.05, 4.69) is 16.8 Å². The van der Waals surface area contributed by atoms with Crippen molar-refractivity contribution in [2.45, 2.75) is 33.4 Å². The van der Waals surface area contributed by atoms with E-state index in [4.69, 9.17) is 23.2 Å². The molecule has 7 heteroatoms. The summed E-state index contributed by atoms with van der Waals surface area (Å²) in [6.45, 7) is 6.89. The largest absolute Gasteiger partial charge is 0.294 e. The van der Waals surface area contributed by atoms with Crippen molar-refractivity contribution in [3.05, 3.63) is 44.9 Å². The first-order valence-corrected chi connectivity index (χ1v) is 9.34. The molecule has 0 N–H and O–H groups in total. The Bertz CT molecular complexity index is 720. The van der Waals surface area contributed by atoms with Crippen molar-refractivity contribution in [1.82, 2.24) is 9.88 Å². The van der Waals surface area contributed by atoms with E-state index in [9.17, 15) is 4.79 Å². The van der Waals surface area contributed by atoms with Gasteiger partial charge in [-0.25, -0.2) is 4.98 Å². The first kappa shape index (κ1) is 19.2. The van der Waals surface area contributed by atoms with E-state index in [-0.39, 0.29) is 11.9 Å². The molecule has 0 aliphatic carbocycles. The first-order chi connectivity index (χ1) is 11.3. The SMILES string of the molecule is CCN(C(C)=O)c1nc(CN(C)[C@H](C)c2ccc(Cl)cc2Cl)cs1. The maximum atomic E-state index is 11.6. The number of carbonyl (C=O) groups excluding carboxylic acids is 1. The predicted octanol–water partition coefficient (Wildman–Crippen LogP) is 5.02.